The van der Waals surface area contributed by atoms with Gasteiger partial charge in [-0.1, -0.05) is 23.4 Å². The van der Waals surface area contributed by atoms with E-state index < -0.39 is 0 Å². The number of hydrogen-bond acceptors (Lipinski definition) is 5. The summed E-state index contributed by atoms with van der Waals surface area (Å²) < 4.78 is 0. The molecule has 1 amide bonds. The largest absolute Gasteiger partial charge is 0.325 e. The fourth-order valence-corrected chi connectivity index (χ4v) is 5.92. The van der Waals surface area contributed by atoms with Gasteiger partial charge >= 0.3 is 0 Å². The number of anilines is 1. The minimum absolute atomic E-state index is 0.0427. The summed E-state index contributed by atoms with van der Waals surface area (Å²) in [5.41, 5.74) is 3.15. The Bertz CT molecular complexity index is 1030. The average molecular weight is 418 g/mol. The second-order valence-electron chi connectivity index (χ2n) is 6.76. The highest BCUT2D eigenvalue weighted by Gasteiger charge is 2.21. The van der Waals surface area contributed by atoms with Crippen LogP contribution in [0.3, 0.4) is 0 Å². The first kappa shape index (κ1) is 18.7. The molecule has 0 spiro atoms. The van der Waals surface area contributed by atoms with Gasteiger partial charge in [-0.2, -0.15) is 0 Å². The Kier molecular flexibility index (Phi) is 5.39. The predicted molar refractivity (Wildman–Crippen MR) is 114 cm³/mol. The Morgan fingerprint density at radius 3 is 2.89 bits per heavy atom. The summed E-state index contributed by atoms with van der Waals surface area (Å²) in [7, 11) is 0. The number of aryl methyl sites for hydroxylation is 4. The smallest absolute Gasteiger partial charge is 0.234 e. The molecule has 7 heteroatoms. The number of nitrogens with zero attached hydrogens (tertiary/aromatic N) is 2. The second kappa shape index (κ2) is 7.78. The Balaban J connectivity index is 1.54. The van der Waals surface area contributed by atoms with Crippen molar-refractivity contribution in [1.82, 2.24) is 9.97 Å². The molecular weight excluding hydrogens is 398 g/mol. The van der Waals surface area contributed by atoms with Gasteiger partial charge in [-0.3, -0.25) is 4.79 Å². The number of fused-ring (bicyclic) bond motifs is 3. The summed E-state index contributed by atoms with van der Waals surface area (Å²) in [5, 5.41) is 5.73. The van der Waals surface area contributed by atoms with E-state index in [1.54, 1.807) is 17.4 Å². The van der Waals surface area contributed by atoms with Gasteiger partial charge in [0, 0.05) is 21.0 Å². The normalized spacial score (nSPS) is 13.6. The van der Waals surface area contributed by atoms with Crippen LogP contribution >= 0.6 is 34.7 Å². The van der Waals surface area contributed by atoms with Crippen molar-refractivity contribution in [1.29, 1.82) is 0 Å². The molecule has 0 bridgehead atoms. The van der Waals surface area contributed by atoms with E-state index in [0.717, 1.165) is 39.8 Å². The number of benzene rings is 1. The van der Waals surface area contributed by atoms with E-state index in [4.69, 9.17) is 11.6 Å². The Morgan fingerprint density at radius 2 is 2.07 bits per heavy atom. The van der Waals surface area contributed by atoms with Gasteiger partial charge in [-0.05, 0) is 68.9 Å². The highest BCUT2D eigenvalue weighted by atomic mass is 35.5. The van der Waals surface area contributed by atoms with Crippen molar-refractivity contribution in [2.45, 2.75) is 44.6 Å². The van der Waals surface area contributed by atoms with Crippen molar-refractivity contribution in [3.8, 4) is 0 Å². The molecule has 0 saturated carbocycles. The molecule has 1 aliphatic rings. The fraction of sp³-hybridized carbons (Fsp3) is 0.350. The first-order valence-electron chi connectivity index (χ1n) is 8.99. The molecule has 1 aliphatic carbocycles. The number of hydrogen-bond donors (Lipinski definition) is 1. The van der Waals surface area contributed by atoms with Crippen LogP contribution in [0.5, 0.6) is 0 Å². The Morgan fingerprint density at radius 1 is 1.26 bits per heavy atom. The van der Waals surface area contributed by atoms with Gasteiger partial charge in [-0.15, -0.1) is 11.3 Å². The minimum Gasteiger partial charge on any atom is -0.325 e. The number of halogens is 1. The third-order valence-corrected chi connectivity index (χ3v) is 7.09. The molecular formula is C20H20ClN3OS2. The van der Waals surface area contributed by atoms with Crippen molar-refractivity contribution < 1.29 is 4.79 Å². The van der Waals surface area contributed by atoms with Gasteiger partial charge in [0.15, 0.2) is 0 Å². The molecule has 4 nitrogen and oxygen atoms in total. The number of rotatable bonds is 4. The molecule has 1 aromatic carbocycles. The van der Waals surface area contributed by atoms with Gasteiger partial charge in [0.25, 0.3) is 0 Å². The third kappa shape index (κ3) is 3.98. The molecule has 0 unspecified atom stereocenters. The van der Waals surface area contributed by atoms with Gasteiger partial charge in [0.2, 0.25) is 5.91 Å². The molecule has 1 N–H and O–H groups in total. The molecule has 3 aromatic rings. The first-order valence-corrected chi connectivity index (χ1v) is 11.2. The number of thiophene rings is 1. The maximum atomic E-state index is 12.5. The van der Waals surface area contributed by atoms with Gasteiger partial charge < -0.3 is 5.32 Å². The zero-order valence-electron chi connectivity index (χ0n) is 15.3. The predicted octanol–water partition coefficient (Wildman–Crippen LogP) is 5.57. The zero-order chi connectivity index (χ0) is 19.0. The quantitative estimate of drug-likeness (QED) is 0.445. The lowest BCUT2D eigenvalue weighted by Gasteiger charge is -2.12. The van der Waals surface area contributed by atoms with Crippen LogP contribution in [0.1, 0.15) is 34.7 Å². The van der Waals surface area contributed by atoms with Crippen LogP contribution < -0.4 is 5.32 Å². The van der Waals surface area contributed by atoms with Crippen molar-refractivity contribution >= 4 is 56.5 Å². The third-order valence-electron chi connectivity index (χ3n) is 4.70. The summed E-state index contributed by atoms with van der Waals surface area (Å²) >= 11 is 9.27. The summed E-state index contributed by atoms with van der Waals surface area (Å²) in [6, 6.07) is 5.47. The van der Waals surface area contributed by atoms with Crippen LogP contribution in [0.25, 0.3) is 10.2 Å². The monoisotopic (exact) mass is 417 g/mol. The second-order valence-corrected chi connectivity index (χ2v) is 9.25. The van der Waals surface area contributed by atoms with E-state index in [1.165, 1.54) is 40.4 Å². The number of amides is 1. The molecule has 0 fully saturated rings. The van der Waals surface area contributed by atoms with E-state index >= 15 is 0 Å². The molecule has 0 saturated heterocycles. The molecule has 2 heterocycles. The maximum absolute atomic E-state index is 12.5. The van der Waals surface area contributed by atoms with Gasteiger partial charge in [-0.25, -0.2) is 9.97 Å². The Hall–Kier alpha value is -1.63. The van der Waals surface area contributed by atoms with Crippen LogP contribution in [-0.2, 0) is 17.6 Å². The van der Waals surface area contributed by atoms with Crippen molar-refractivity contribution in [2.75, 3.05) is 11.1 Å². The van der Waals surface area contributed by atoms with Gasteiger partial charge in [0.1, 0.15) is 15.7 Å². The first-order chi connectivity index (χ1) is 13.0. The number of thioether (sulfide) groups is 1. The summed E-state index contributed by atoms with van der Waals surface area (Å²) in [6.07, 6.45) is 4.69. The molecule has 4 rings (SSSR count). The van der Waals surface area contributed by atoms with E-state index in [2.05, 4.69) is 15.3 Å². The van der Waals surface area contributed by atoms with E-state index in [0.29, 0.717) is 10.8 Å². The van der Waals surface area contributed by atoms with Crippen LogP contribution in [-0.4, -0.2) is 21.6 Å². The van der Waals surface area contributed by atoms with Crippen molar-refractivity contribution in [2.24, 2.45) is 0 Å². The molecule has 0 aliphatic heterocycles. The SMILES string of the molecule is Cc1nc(SCC(=O)Nc2ccc(Cl)cc2C)c2c3c(sc2n1)CCCC3. The number of aromatic nitrogens is 2. The standard InChI is InChI=1S/C20H20ClN3OS2/c1-11-9-13(21)7-8-15(11)24-17(25)10-26-19-18-14-5-3-4-6-16(14)27-20(18)23-12(2)22-19/h7-9H,3-6,10H2,1-2H3,(H,24,25). The lowest BCUT2D eigenvalue weighted by Crippen LogP contribution is -2.15. The lowest BCUT2D eigenvalue weighted by molar-refractivity contribution is -0.113. The molecule has 27 heavy (non-hydrogen) atoms. The highest BCUT2D eigenvalue weighted by molar-refractivity contribution is 8.00. The molecule has 0 radical (unpaired) electrons. The highest BCUT2D eigenvalue weighted by Crippen LogP contribution is 2.39. The lowest BCUT2D eigenvalue weighted by atomic mass is 9.97. The molecule has 2 aromatic heterocycles. The van der Waals surface area contributed by atoms with Crippen LogP contribution in [0.15, 0.2) is 23.2 Å². The molecule has 0 atom stereocenters. The van der Waals surface area contributed by atoms with E-state index in [1.807, 2.05) is 26.0 Å². The number of nitrogens with one attached hydrogen (secondary N) is 1. The minimum atomic E-state index is -0.0427. The topological polar surface area (TPSA) is 54.9 Å². The summed E-state index contributed by atoms with van der Waals surface area (Å²) in [6.45, 7) is 3.85. The zero-order valence-corrected chi connectivity index (χ0v) is 17.7. The number of carbonyl (C=O) groups is 1. The molecule has 140 valence electrons. The average Bonchev–Trinajstić information content (AvgIpc) is 3.00. The van der Waals surface area contributed by atoms with Crippen LogP contribution in [0, 0.1) is 13.8 Å². The number of carbonyl (C=O) groups excluding carboxylic acids is 1. The van der Waals surface area contributed by atoms with Crippen molar-refractivity contribution in [3.63, 3.8) is 0 Å². The van der Waals surface area contributed by atoms with Crippen LogP contribution in [0.2, 0.25) is 5.02 Å². The van der Waals surface area contributed by atoms with E-state index in [-0.39, 0.29) is 5.91 Å². The maximum Gasteiger partial charge on any atom is 0.234 e. The summed E-state index contributed by atoms with van der Waals surface area (Å²) in [4.78, 5) is 24.3. The summed E-state index contributed by atoms with van der Waals surface area (Å²) in [5.74, 6) is 1.04. The van der Waals surface area contributed by atoms with Gasteiger partial charge in [0.05, 0.1) is 5.75 Å². The fourth-order valence-electron chi connectivity index (χ4n) is 3.42. The van der Waals surface area contributed by atoms with Crippen molar-refractivity contribution in [3.05, 3.63) is 45.1 Å². The van der Waals surface area contributed by atoms with E-state index in [9.17, 15) is 4.79 Å². The van der Waals surface area contributed by atoms with Crippen LogP contribution in [0.4, 0.5) is 5.69 Å². The Labute approximate surface area is 171 Å².